The first-order chi connectivity index (χ1) is 5.29. The van der Waals surface area contributed by atoms with Crippen molar-refractivity contribution in [1.82, 2.24) is 0 Å². The molecule has 0 aromatic heterocycles. The van der Waals surface area contributed by atoms with Crippen LogP contribution in [0.5, 0.6) is 0 Å². The van der Waals surface area contributed by atoms with Gasteiger partial charge in [-0.1, -0.05) is 12.1 Å². The molecule has 1 heterocycles. The van der Waals surface area contributed by atoms with Gasteiger partial charge in [0.1, 0.15) is 5.69 Å². The summed E-state index contributed by atoms with van der Waals surface area (Å²) in [5.41, 5.74) is 2.44. The largest absolute Gasteiger partial charge is 0.202 e. The predicted octanol–water partition coefficient (Wildman–Crippen LogP) is 2.49. The van der Waals surface area contributed by atoms with Crippen molar-refractivity contribution < 1.29 is 4.70 Å². The molecule has 0 amide bonds. The van der Waals surface area contributed by atoms with Crippen molar-refractivity contribution in [1.29, 1.82) is 0 Å². The quantitative estimate of drug-likeness (QED) is 0.501. The van der Waals surface area contributed by atoms with Crippen LogP contribution < -0.4 is 0 Å². The first-order valence-corrected chi connectivity index (χ1v) is 3.82. The van der Waals surface area contributed by atoms with Crippen LogP contribution in [0.25, 0.3) is 0 Å². The lowest BCUT2D eigenvalue weighted by atomic mass is 10.1. The molecule has 0 spiro atoms. The maximum Gasteiger partial charge on any atom is 0.202 e. The van der Waals surface area contributed by atoms with Crippen LogP contribution >= 0.6 is 0 Å². The maximum absolute atomic E-state index is 4.37. The van der Waals surface area contributed by atoms with Gasteiger partial charge in [-0.15, -0.1) is 4.70 Å². The lowest BCUT2D eigenvalue weighted by molar-refractivity contribution is -0.594. The van der Waals surface area contributed by atoms with E-state index in [9.17, 15) is 0 Å². The third-order valence-corrected chi connectivity index (χ3v) is 2.21. The summed E-state index contributed by atoms with van der Waals surface area (Å²) in [5.74, 6) is 0. The van der Waals surface area contributed by atoms with E-state index in [4.69, 9.17) is 0 Å². The Morgan fingerprint density at radius 3 is 2.82 bits per heavy atom. The highest BCUT2D eigenvalue weighted by Crippen LogP contribution is 2.33. The molecule has 2 nitrogen and oxygen atoms in total. The second-order valence-corrected chi connectivity index (χ2v) is 2.91. The van der Waals surface area contributed by atoms with Crippen LogP contribution in [0.15, 0.2) is 29.4 Å². The van der Waals surface area contributed by atoms with Crippen LogP contribution in [0.4, 0.5) is 5.69 Å². The molecular weight excluding hydrogens is 136 g/mol. The fourth-order valence-electron chi connectivity index (χ4n) is 1.39. The molecule has 1 aromatic carbocycles. The first-order valence-electron chi connectivity index (χ1n) is 3.82. The smallest absolute Gasteiger partial charge is 0.118 e. The Balaban J connectivity index is 2.58. The molecule has 0 aliphatic carbocycles. The van der Waals surface area contributed by atoms with Gasteiger partial charge >= 0.3 is 0 Å². The van der Waals surface area contributed by atoms with E-state index < -0.39 is 0 Å². The highest BCUT2D eigenvalue weighted by atomic mass is 15.3. The molecule has 0 radical (unpaired) electrons. The number of hydrogen-bond donors (Lipinski definition) is 0. The summed E-state index contributed by atoms with van der Waals surface area (Å²) in [6.07, 6.45) is 0. The second kappa shape index (κ2) is 2.16. The minimum absolute atomic E-state index is 0.436. The van der Waals surface area contributed by atoms with Crippen LogP contribution in [-0.4, -0.2) is 11.7 Å². The number of hydrogen-bond acceptors (Lipinski definition) is 1. The van der Waals surface area contributed by atoms with Crippen LogP contribution in [0.2, 0.25) is 0 Å². The SMILES string of the molecule is CC1c2ccccc2N=[N+]1C. The minimum Gasteiger partial charge on any atom is -0.118 e. The monoisotopic (exact) mass is 147 g/mol. The summed E-state index contributed by atoms with van der Waals surface area (Å²) < 4.78 is 1.99. The molecule has 0 bridgehead atoms. The van der Waals surface area contributed by atoms with E-state index in [1.54, 1.807) is 0 Å². The van der Waals surface area contributed by atoms with E-state index >= 15 is 0 Å². The number of nitrogens with zero attached hydrogens (tertiary/aromatic N) is 2. The summed E-state index contributed by atoms with van der Waals surface area (Å²) in [6, 6.07) is 8.70. The molecule has 0 fully saturated rings. The zero-order valence-electron chi connectivity index (χ0n) is 6.78. The van der Waals surface area contributed by atoms with Crippen LogP contribution in [0, 0.1) is 0 Å². The van der Waals surface area contributed by atoms with Crippen molar-refractivity contribution in [3.8, 4) is 0 Å². The Kier molecular flexibility index (Phi) is 1.28. The standard InChI is InChI=1S/C9H11N2/c1-7-8-5-3-4-6-9(8)10-11(7)2/h3-7H,1-2H3/q+1. The highest BCUT2D eigenvalue weighted by molar-refractivity contribution is 5.47. The fraction of sp³-hybridized carbons (Fsp3) is 0.333. The van der Waals surface area contributed by atoms with Gasteiger partial charge in [-0.2, -0.15) is 0 Å². The Morgan fingerprint density at radius 2 is 2.09 bits per heavy atom. The number of benzene rings is 1. The van der Waals surface area contributed by atoms with Gasteiger partial charge < -0.3 is 0 Å². The van der Waals surface area contributed by atoms with Gasteiger partial charge in [-0.25, -0.2) is 0 Å². The molecule has 1 aromatic rings. The van der Waals surface area contributed by atoms with Gasteiger partial charge in [0.15, 0.2) is 7.05 Å². The van der Waals surface area contributed by atoms with E-state index in [0.29, 0.717) is 6.04 Å². The Labute approximate surface area is 66.2 Å². The lowest BCUT2D eigenvalue weighted by Crippen LogP contribution is -2.02. The van der Waals surface area contributed by atoms with Crippen molar-refractivity contribution in [2.45, 2.75) is 13.0 Å². The van der Waals surface area contributed by atoms with E-state index in [2.05, 4.69) is 30.2 Å². The molecule has 0 saturated carbocycles. The van der Waals surface area contributed by atoms with Gasteiger partial charge in [0.05, 0.1) is 5.56 Å². The normalized spacial score (nSPS) is 21.3. The molecule has 2 rings (SSSR count). The molecule has 0 saturated heterocycles. The van der Waals surface area contributed by atoms with Crippen molar-refractivity contribution in [3.63, 3.8) is 0 Å². The van der Waals surface area contributed by atoms with Gasteiger partial charge in [0.25, 0.3) is 0 Å². The topological polar surface area (TPSA) is 15.4 Å². The fourth-order valence-corrected chi connectivity index (χ4v) is 1.39. The first kappa shape index (κ1) is 6.53. The number of rotatable bonds is 0. The molecule has 0 N–H and O–H groups in total. The van der Waals surface area contributed by atoms with Gasteiger partial charge in [-0.3, -0.25) is 0 Å². The molecule has 2 heteroatoms. The van der Waals surface area contributed by atoms with E-state index in [1.165, 1.54) is 5.56 Å². The number of fused-ring (bicyclic) bond motifs is 1. The average molecular weight is 147 g/mol. The average Bonchev–Trinajstić information content (AvgIpc) is 2.30. The van der Waals surface area contributed by atoms with Crippen LogP contribution in [0.1, 0.15) is 18.5 Å². The molecule has 11 heavy (non-hydrogen) atoms. The summed E-state index contributed by atoms with van der Waals surface area (Å²) in [7, 11) is 2.00. The van der Waals surface area contributed by atoms with E-state index in [0.717, 1.165) is 5.69 Å². The van der Waals surface area contributed by atoms with Gasteiger partial charge in [0.2, 0.25) is 6.04 Å². The van der Waals surface area contributed by atoms with Gasteiger partial charge in [0, 0.05) is 6.92 Å². The molecule has 56 valence electrons. The zero-order chi connectivity index (χ0) is 7.84. The Bertz CT molecular complexity index is 315. The molecule has 1 atom stereocenters. The summed E-state index contributed by atoms with van der Waals surface area (Å²) in [4.78, 5) is 0. The molecule has 1 aliphatic rings. The predicted molar refractivity (Wildman–Crippen MR) is 43.1 cm³/mol. The summed E-state index contributed by atoms with van der Waals surface area (Å²) in [6.45, 7) is 2.16. The summed E-state index contributed by atoms with van der Waals surface area (Å²) in [5, 5.41) is 4.37. The van der Waals surface area contributed by atoms with E-state index in [-0.39, 0.29) is 0 Å². The third kappa shape index (κ3) is 0.862. The Hall–Kier alpha value is -1.18. The second-order valence-electron chi connectivity index (χ2n) is 2.91. The molecule has 1 unspecified atom stereocenters. The van der Waals surface area contributed by atoms with Gasteiger partial charge in [-0.05, 0) is 17.2 Å². The molecule has 1 aliphatic heterocycles. The highest BCUT2D eigenvalue weighted by Gasteiger charge is 2.25. The number of azo groups is 2. The van der Waals surface area contributed by atoms with Crippen molar-refractivity contribution in [3.05, 3.63) is 29.8 Å². The molecular formula is C9H11N2+. The minimum atomic E-state index is 0.436. The van der Waals surface area contributed by atoms with E-state index in [1.807, 2.05) is 17.8 Å². The Morgan fingerprint density at radius 1 is 1.36 bits per heavy atom. The zero-order valence-corrected chi connectivity index (χ0v) is 6.78. The summed E-state index contributed by atoms with van der Waals surface area (Å²) >= 11 is 0. The maximum atomic E-state index is 4.37. The van der Waals surface area contributed by atoms with Crippen molar-refractivity contribution >= 4 is 5.69 Å². The third-order valence-electron chi connectivity index (χ3n) is 2.21. The van der Waals surface area contributed by atoms with Crippen LogP contribution in [0.3, 0.4) is 0 Å². The van der Waals surface area contributed by atoms with Crippen molar-refractivity contribution in [2.75, 3.05) is 7.05 Å². The van der Waals surface area contributed by atoms with Crippen LogP contribution in [-0.2, 0) is 0 Å². The van der Waals surface area contributed by atoms with Crippen molar-refractivity contribution in [2.24, 2.45) is 5.11 Å². The lowest BCUT2D eigenvalue weighted by Gasteiger charge is -1.96.